The molecule has 0 spiro atoms. The van der Waals surface area contributed by atoms with Gasteiger partial charge in [-0.2, -0.15) is 0 Å². The molecular formula is C13H26N2O2. The van der Waals surface area contributed by atoms with Crippen LogP contribution >= 0.6 is 0 Å². The van der Waals surface area contributed by atoms with E-state index < -0.39 is 0 Å². The summed E-state index contributed by atoms with van der Waals surface area (Å²) < 4.78 is 5.08. The van der Waals surface area contributed by atoms with E-state index >= 15 is 0 Å². The van der Waals surface area contributed by atoms with Gasteiger partial charge in [-0.1, -0.05) is 13.8 Å². The van der Waals surface area contributed by atoms with Gasteiger partial charge in [0.15, 0.2) is 0 Å². The largest absolute Gasteiger partial charge is 0.465 e. The number of rotatable bonds is 5. The molecule has 0 aliphatic carbocycles. The summed E-state index contributed by atoms with van der Waals surface area (Å²) in [7, 11) is 2.15. The molecule has 4 heteroatoms. The first-order chi connectivity index (χ1) is 8.08. The fourth-order valence-corrected chi connectivity index (χ4v) is 2.46. The quantitative estimate of drug-likeness (QED) is 0.737. The van der Waals surface area contributed by atoms with Crippen molar-refractivity contribution < 1.29 is 9.53 Å². The second-order valence-corrected chi connectivity index (χ2v) is 5.01. The molecule has 1 N–H and O–H groups in total. The van der Waals surface area contributed by atoms with Gasteiger partial charge in [0.1, 0.15) is 6.04 Å². The van der Waals surface area contributed by atoms with Crippen molar-refractivity contribution in [3.05, 3.63) is 0 Å². The Labute approximate surface area is 105 Å². The van der Waals surface area contributed by atoms with Crippen LogP contribution in [0.25, 0.3) is 0 Å². The zero-order valence-corrected chi connectivity index (χ0v) is 11.5. The minimum Gasteiger partial charge on any atom is -0.465 e. The molecular weight excluding hydrogens is 216 g/mol. The number of hydrogen-bond acceptors (Lipinski definition) is 4. The number of nitrogens with one attached hydrogen (secondary N) is 1. The fraction of sp³-hybridized carbons (Fsp3) is 0.923. The summed E-state index contributed by atoms with van der Waals surface area (Å²) in [6.45, 7) is 8.76. The summed E-state index contributed by atoms with van der Waals surface area (Å²) >= 11 is 0. The Kier molecular flexibility index (Phi) is 5.92. The van der Waals surface area contributed by atoms with Crippen LogP contribution in [0.1, 0.15) is 33.6 Å². The van der Waals surface area contributed by atoms with Crippen molar-refractivity contribution in [1.82, 2.24) is 10.2 Å². The molecule has 1 aliphatic rings. The van der Waals surface area contributed by atoms with E-state index in [4.69, 9.17) is 4.74 Å². The molecule has 1 rings (SSSR count). The number of ether oxygens (including phenoxy) is 1. The number of carbonyl (C=O) groups is 1. The van der Waals surface area contributed by atoms with Crippen LogP contribution < -0.4 is 5.32 Å². The lowest BCUT2D eigenvalue weighted by Gasteiger charge is -2.36. The topological polar surface area (TPSA) is 41.6 Å². The molecule has 0 aromatic rings. The molecule has 100 valence electrons. The van der Waals surface area contributed by atoms with Crippen LogP contribution in [0.15, 0.2) is 0 Å². The smallest absolute Gasteiger partial charge is 0.323 e. The van der Waals surface area contributed by atoms with Gasteiger partial charge in [0.2, 0.25) is 0 Å². The third kappa shape index (κ3) is 4.28. The van der Waals surface area contributed by atoms with Crippen molar-refractivity contribution in [3.8, 4) is 0 Å². The van der Waals surface area contributed by atoms with Gasteiger partial charge in [-0.25, -0.2) is 0 Å². The lowest BCUT2D eigenvalue weighted by atomic mass is 9.93. The van der Waals surface area contributed by atoms with Crippen LogP contribution in [0.3, 0.4) is 0 Å². The number of carbonyl (C=O) groups excluding carboxylic acids is 1. The van der Waals surface area contributed by atoms with E-state index in [2.05, 4.69) is 24.2 Å². The Morgan fingerprint density at radius 1 is 1.53 bits per heavy atom. The molecule has 0 aromatic heterocycles. The van der Waals surface area contributed by atoms with Crippen molar-refractivity contribution >= 4 is 5.97 Å². The summed E-state index contributed by atoms with van der Waals surface area (Å²) in [5.74, 6) is 0.471. The average molecular weight is 242 g/mol. The summed E-state index contributed by atoms with van der Waals surface area (Å²) in [4.78, 5) is 14.1. The summed E-state index contributed by atoms with van der Waals surface area (Å²) in [6.07, 6.45) is 1.89. The van der Waals surface area contributed by atoms with Crippen LogP contribution in [0.2, 0.25) is 0 Å². The maximum atomic E-state index is 11.7. The van der Waals surface area contributed by atoms with Gasteiger partial charge in [0, 0.05) is 12.6 Å². The second kappa shape index (κ2) is 6.97. The van der Waals surface area contributed by atoms with Crippen molar-refractivity contribution in [3.63, 3.8) is 0 Å². The maximum Gasteiger partial charge on any atom is 0.323 e. The van der Waals surface area contributed by atoms with Crippen molar-refractivity contribution in [1.29, 1.82) is 0 Å². The molecule has 1 aliphatic heterocycles. The highest BCUT2D eigenvalue weighted by molar-refractivity contribution is 5.75. The predicted octanol–water partition coefficient (Wildman–Crippen LogP) is 1.26. The SMILES string of the molecule is CCOC(=O)C(CC)NC1CCN(C)CC1C. The van der Waals surface area contributed by atoms with E-state index in [0.29, 0.717) is 18.6 Å². The van der Waals surface area contributed by atoms with E-state index in [1.54, 1.807) is 0 Å². The number of esters is 1. The van der Waals surface area contributed by atoms with Gasteiger partial charge in [0.25, 0.3) is 0 Å². The van der Waals surface area contributed by atoms with E-state index in [1.807, 2.05) is 13.8 Å². The van der Waals surface area contributed by atoms with Crippen LogP contribution in [0, 0.1) is 5.92 Å². The maximum absolute atomic E-state index is 11.7. The van der Waals surface area contributed by atoms with Crippen molar-refractivity contribution in [2.75, 3.05) is 26.7 Å². The highest BCUT2D eigenvalue weighted by Crippen LogP contribution is 2.16. The summed E-state index contributed by atoms with van der Waals surface area (Å²) in [5.41, 5.74) is 0. The van der Waals surface area contributed by atoms with Crippen molar-refractivity contribution in [2.24, 2.45) is 5.92 Å². The minimum atomic E-state index is -0.147. The Bertz CT molecular complexity index is 246. The number of piperidine rings is 1. The summed E-state index contributed by atoms with van der Waals surface area (Å²) in [5, 5.41) is 3.46. The first kappa shape index (κ1) is 14.5. The molecule has 0 aromatic carbocycles. The monoisotopic (exact) mass is 242 g/mol. The molecule has 1 saturated heterocycles. The van der Waals surface area contributed by atoms with Crippen LogP contribution in [-0.4, -0.2) is 49.7 Å². The standard InChI is InChI=1S/C13H26N2O2/c1-5-11(13(16)17-6-2)14-12-7-8-15(4)9-10(12)3/h10-12,14H,5-9H2,1-4H3. The first-order valence-electron chi connectivity index (χ1n) is 6.69. The summed E-state index contributed by atoms with van der Waals surface area (Å²) in [6, 6.07) is 0.284. The molecule has 0 radical (unpaired) electrons. The second-order valence-electron chi connectivity index (χ2n) is 5.01. The molecule has 1 heterocycles. The zero-order chi connectivity index (χ0) is 12.8. The zero-order valence-electron chi connectivity index (χ0n) is 11.5. The molecule has 0 amide bonds. The predicted molar refractivity (Wildman–Crippen MR) is 68.9 cm³/mol. The van der Waals surface area contributed by atoms with E-state index in [0.717, 1.165) is 25.9 Å². The van der Waals surface area contributed by atoms with Gasteiger partial charge >= 0.3 is 5.97 Å². The molecule has 1 fully saturated rings. The van der Waals surface area contributed by atoms with E-state index in [1.165, 1.54) is 0 Å². The van der Waals surface area contributed by atoms with Gasteiger partial charge < -0.3 is 15.0 Å². The normalized spacial score (nSPS) is 27.8. The Balaban J connectivity index is 2.47. The Hall–Kier alpha value is -0.610. The minimum absolute atomic E-state index is 0.110. The third-order valence-corrected chi connectivity index (χ3v) is 3.50. The van der Waals surface area contributed by atoms with Crippen LogP contribution in [0.5, 0.6) is 0 Å². The molecule has 17 heavy (non-hydrogen) atoms. The average Bonchev–Trinajstić information content (AvgIpc) is 2.28. The van der Waals surface area contributed by atoms with Gasteiger partial charge in [0.05, 0.1) is 6.61 Å². The van der Waals surface area contributed by atoms with Crippen LogP contribution in [-0.2, 0) is 9.53 Å². The van der Waals surface area contributed by atoms with Crippen molar-refractivity contribution in [2.45, 2.75) is 45.7 Å². The highest BCUT2D eigenvalue weighted by atomic mass is 16.5. The third-order valence-electron chi connectivity index (χ3n) is 3.50. The number of likely N-dealkylation sites (tertiary alicyclic amines) is 1. The highest BCUT2D eigenvalue weighted by Gasteiger charge is 2.28. The Morgan fingerprint density at radius 2 is 2.24 bits per heavy atom. The lowest BCUT2D eigenvalue weighted by Crippen LogP contribution is -2.52. The first-order valence-corrected chi connectivity index (χ1v) is 6.69. The van der Waals surface area contributed by atoms with E-state index in [9.17, 15) is 4.79 Å². The molecule has 3 unspecified atom stereocenters. The molecule has 0 bridgehead atoms. The molecule has 0 saturated carbocycles. The fourth-order valence-electron chi connectivity index (χ4n) is 2.46. The van der Waals surface area contributed by atoms with Gasteiger partial charge in [-0.3, -0.25) is 4.79 Å². The molecule has 3 atom stereocenters. The van der Waals surface area contributed by atoms with Crippen LogP contribution in [0.4, 0.5) is 0 Å². The number of hydrogen-bond donors (Lipinski definition) is 1. The lowest BCUT2D eigenvalue weighted by molar-refractivity contribution is -0.146. The van der Waals surface area contributed by atoms with Gasteiger partial charge in [-0.05, 0) is 39.3 Å². The Morgan fingerprint density at radius 3 is 2.76 bits per heavy atom. The number of nitrogens with zero attached hydrogens (tertiary/aromatic N) is 1. The van der Waals surface area contributed by atoms with E-state index in [-0.39, 0.29) is 12.0 Å². The molecule has 4 nitrogen and oxygen atoms in total. The van der Waals surface area contributed by atoms with Gasteiger partial charge in [-0.15, -0.1) is 0 Å².